The fourth-order valence-electron chi connectivity index (χ4n) is 2.40. The van der Waals surface area contributed by atoms with Gasteiger partial charge in [-0.25, -0.2) is 4.68 Å². The van der Waals surface area contributed by atoms with Gasteiger partial charge in [0.25, 0.3) is 0 Å². The third-order valence-electron chi connectivity index (χ3n) is 3.20. The first kappa shape index (κ1) is 10.8. The quantitative estimate of drug-likeness (QED) is 0.687. The van der Waals surface area contributed by atoms with Gasteiger partial charge in [-0.15, -0.1) is 11.7 Å². The van der Waals surface area contributed by atoms with Crippen LogP contribution in [0.25, 0.3) is 0 Å². The van der Waals surface area contributed by atoms with Crippen LogP contribution in [0.15, 0.2) is 12.7 Å². The number of fused-ring (bicyclic) bond motifs is 1. The van der Waals surface area contributed by atoms with E-state index in [4.69, 9.17) is 9.47 Å². The van der Waals surface area contributed by atoms with Gasteiger partial charge in [0, 0.05) is 6.42 Å². The molecule has 2 aliphatic rings. The third-order valence-corrected chi connectivity index (χ3v) is 3.20. The standard InChI is InChI=1S/C10H14N4O3/c1-2-3-8-11-12-13-14(8)6-4-16-10-7(15)5-17-9(6)10/h2,6-7,9-10,15H,1,3-5H2. The van der Waals surface area contributed by atoms with Crippen LogP contribution in [0.1, 0.15) is 11.9 Å². The van der Waals surface area contributed by atoms with Crippen LogP contribution < -0.4 is 0 Å². The number of hydrogen-bond acceptors (Lipinski definition) is 6. The van der Waals surface area contributed by atoms with E-state index in [0.717, 1.165) is 5.82 Å². The highest BCUT2D eigenvalue weighted by atomic mass is 16.6. The van der Waals surface area contributed by atoms with Gasteiger partial charge in [0.05, 0.1) is 13.2 Å². The summed E-state index contributed by atoms with van der Waals surface area (Å²) >= 11 is 0. The van der Waals surface area contributed by atoms with Crippen LogP contribution in [0.2, 0.25) is 0 Å². The minimum atomic E-state index is -0.552. The van der Waals surface area contributed by atoms with E-state index in [-0.39, 0.29) is 18.2 Å². The summed E-state index contributed by atoms with van der Waals surface area (Å²) in [6.45, 7) is 4.44. The number of hydrogen-bond donors (Lipinski definition) is 1. The zero-order chi connectivity index (χ0) is 11.8. The molecule has 92 valence electrons. The predicted molar refractivity (Wildman–Crippen MR) is 56.2 cm³/mol. The van der Waals surface area contributed by atoms with E-state index in [1.165, 1.54) is 0 Å². The Kier molecular flexibility index (Phi) is 2.65. The molecule has 0 spiro atoms. The summed E-state index contributed by atoms with van der Waals surface area (Å²) < 4.78 is 12.8. The molecule has 0 bridgehead atoms. The molecule has 1 aromatic heterocycles. The van der Waals surface area contributed by atoms with Crippen LogP contribution in [0.3, 0.4) is 0 Å². The van der Waals surface area contributed by atoms with Crippen LogP contribution in [0.5, 0.6) is 0 Å². The highest BCUT2D eigenvalue weighted by molar-refractivity contribution is 5.00. The summed E-state index contributed by atoms with van der Waals surface area (Å²) in [6, 6.07) is -0.0675. The fraction of sp³-hybridized carbons (Fsp3) is 0.700. The highest BCUT2D eigenvalue weighted by Gasteiger charge is 2.48. The van der Waals surface area contributed by atoms with Crippen LogP contribution >= 0.6 is 0 Å². The minimum Gasteiger partial charge on any atom is -0.388 e. The van der Waals surface area contributed by atoms with Crippen molar-refractivity contribution < 1.29 is 14.6 Å². The molecular formula is C10H14N4O3. The molecule has 2 saturated heterocycles. The molecule has 4 atom stereocenters. The molecule has 4 unspecified atom stereocenters. The number of nitrogens with zero attached hydrogens (tertiary/aromatic N) is 4. The molecule has 2 fully saturated rings. The smallest absolute Gasteiger partial charge is 0.155 e. The van der Waals surface area contributed by atoms with Crippen molar-refractivity contribution in [1.29, 1.82) is 0 Å². The van der Waals surface area contributed by atoms with Crippen molar-refractivity contribution in [1.82, 2.24) is 20.2 Å². The Hall–Kier alpha value is -1.31. The number of ether oxygens (including phenoxy) is 2. The lowest BCUT2D eigenvalue weighted by molar-refractivity contribution is 0.0168. The summed E-state index contributed by atoms with van der Waals surface area (Å²) in [6.07, 6.45) is 1.37. The van der Waals surface area contributed by atoms with Gasteiger partial charge in [-0.3, -0.25) is 0 Å². The van der Waals surface area contributed by atoms with Crippen LogP contribution in [0, 0.1) is 0 Å². The SMILES string of the molecule is C=CCc1nnnn1C1COC2C(O)COC21. The largest absolute Gasteiger partial charge is 0.388 e. The number of tetrazole rings is 1. The summed E-state index contributed by atoms with van der Waals surface area (Å²) in [4.78, 5) is 0. The molecule has 7 nitrogen and oxygen atoms in total. The monoisotopic (exact) mass is 238 g/mol. The maximum atomic E-state index is 9.66. The molecule has 0 aliphatic carbocycles. The number of allylic oxidation sites excluding steroid dienone is 1. The van der Waals surface area contributed by atoms with Crippen molar-refractivity contribution in [3.8, 4) is 0 Å². The van der Waals surface area contributed by atoms with E-state index in [2.05, 4.69) is 22.1 Å². The summed E-state index contributed by atoms with van der Waals surface area (Å²) in [5, 5.41) is 21.2. The van der Waals surface area contributed by atoms with E-state index < -0.39 is 6.10 Å². The lowest BCUT2D eigenvalue weighted by Gasteiger charge is -2.16. The van der Waals surface area contributed by atoms with Gasteiger partial charge in [-0.05, 0) is 10.4 Å². The van der Waals surface area contributed by atoms with Crippen molar-refractivity contribution >= 4 is 0 Å². The number of aliphatic hydroxyl groups is 1. The van der Waals surface area contributed by atoms with Crippen LogP contribution in [-0.4, -0.2) is 56.8 Å². The normalized spacial score (nSPS) is 36.1. The average molecular weight is 238 g/mol. The summed E-state index contributed by atoms with van der Waals surface area (Å²) in [7, 11) is 0. The minimum absolute atomic E-state index is 0.0675. The fourth-order valence-corrected chi connectivity index (χ4v) is 2.40. The number of aliphatic hydroxyl groups excluding tert-OH is 1. The van der Waals surface area contributed by atoms with Gasteiger partial charge in [0.2, 0.25) is 0 Å². The Morgan fingerprint density at radius 2 is 2.24 bits per heavy atom. The molecule has 1 aromatic rings. The van der Waals surface area contributed by atoms with Gasteiger partial charge in [-0.1, -0.05) is 6.08 Å². The molecule has 0 amide bonds. The second-order valence-corrected chi connectivity index (χ2v) is 4.26. The number of aromatic nitrogens is 4. The molecule has 7 heteroatoms. The maximum absolute atomic E-state index is 9.66. The van der Waals surface area contributed by atoms with Gasteiger partial charge < -0.3 is 14.6 Å². The van der Waals surface area contributed by atoms with E-state index >= 15 is 0 Å². The Morgan fingerprint density at radius 1 is 1.41 bits per heavy atom. The second kappa shape index (κ2) is 4.17. The zero-order valence-corrected chi connectivity index (χ0v) is 9.27. The first-order valence-corrected chi connectivity index (χ1v) is 5.60. The van der Waals surface area contributed by atoms with Gasteiger partial charge in [-0.2, -0.15) is 0 Å². The molecule has 2 aliphatic heterocycles. The first-order chi connectivity index (χ1) is 8.31. The van der Waals surface area contributed by atoms with Crippen molar-refractivity contribution in [3.05, 3.63) is 18.5 Å². The maximum Gasteiger partial charge on any atom is 0.155 e. The van der Waals surface area contributed by atoms with Crippen molar-refractivity contribution in [2.75, 3.05) is 13.2 Å². The molecule has 0 radical (unpaired) electrons. The molecule has 3 rings (SSSR count). The first-order valence-electron chi connectivity index (χ1n) is 5.60. The van der Waals surface area contributed by atoms with Crippen LogP contribution in [-0.2, 0) is 15.9 Å². The van der Waals surface area contributed by atoms with Gasteiger partial charge in [0.1, 0.15) is 24.4 Å². The van der Waals surface area contributed by atoms with Gasteiger partial charge in [0.15, 0.2) is 5.82 Å². The Morgan fingerprint density at radius 3 is 3.06 bits per heavy atom. The zero-order valence-electron chi connectivity index (χ0n) is 9.27. The molecular weight excluding hydrogens is 224 g/mol. The lowest BCUT2D eigenvalue weighted by atomic mass is 10.1. The third kappa shape index (κ3) is 1.67. The molecule has 17 heavy (non-hydrogen) atoms. The molecule has 0 saturated carbocycles. The highest BCUT2D eigenvalue weighted by Crippen LogP contribution is 2.34. The van der Waals surface area contributed by atoms with E-state index in [1.807, 2.05) is 0 Å². The Labute approximate surface area is 98.0 Å². The van der Waals surface area contributed by atoms with Crippen molar-refractivity contribution in [2.45, 2.75) is 30.8 Å². The molecule has 3 heterocycles. The van der Waals surface area contributed by atoms with E-state index in [1.54, 1.807) is 10.8 Å². The number of rotatable bonds is 3. The van der Waals surface area contributed by atoms with E-state index in [9.17, 15) is 5.11 Å². The Balaban J connectivity index is 1.85. The van der Waals surface area contributed by atoms with Crippen molar-refractivity contribution in [3.63, 3.8) is 0 Å². The summed E-state index contributed by atoms with van der Waals surface area (Å²) in [5.74, 6) is 0.735. The van der Waals surface area contributed by atoms with Crippen LogP contribution in [0.4, 0.5) is 0 Å². The molecule has 0 aromatic carbocycles. The second-order valence-electron chi connectivity index (χ2n) is 4.26. The predicted octanol–water partition coefficient (Wildman–Crippen LogP) is -0.899. The summed E-state index contributed by atoms with van der Waals surface area (Å²) in [5.41, 5.74) is 0. The Bertz CT molecular complexity index is 421. The van der Waals surface area contributed by atoms with E-state index in [0.29, 0.717) is 19.6 Å². The average Bonchev–Trinajstić information content (AvgIpc) is 2.97. The lowest BCUT2D eigenvalue weighted by Crippen LogP contribution is -2.31. The topological polar surface area (TPSA) is 82.3 Å². The molecule has 1 N–H and O–H groups in total. The van der Waals surface area contributed by atoms with Gasteiger partial charge >= 0.3 is 0 Å². The van der Waals surface area contributed by atoms with Crippen molar-refractivity contribution in [2.24, 2.45) is 0 Å².